The van der Waals surface area contributed by atoms with Gasteiger partial charge < -0.3 is 5.11 Å². The maximum atomic E-state index is 11.1. The van der Waals surface area contributed by atoms with Crippen LogP contribution in [0.1, 0.15) is 18.4 Å². The molecular formula is C17H15ClO2. The van der Waals surface area contributed by atoms with Crippen LogP contribution in [0.15, 0.2) is 54.1 Å². The van der Waals surface area contributed by atoms with E-state index in [0.717, 1.165) is 16.2 Å². The molecule has 2 atom stereocenters. The van der Waals surface area contributed by atoms with Crippen LogP contribution in [0.2, 0.25) is 5.02 Å². The third-order valence-corrected chi connectivity index (χ3v) is 4.26. The average molecular weight is 287 g/mol. The predicted molar refractivity (Wildman–Crippen MR) is 80.5 cm³/mol. The van der Waals surface area contributed by atoms with Crippen LogP contribution in [-0.4, -0.2) is 11.1 Å². The number of benzene rings is 1. The van der Waals surface area contributed by atoms with Crippen LogP contribution in [0.3, 0.4) is 0 Å². The second-order valence-corrected chi connectivity index (χ2v) is 5.75. The van der Waals surface area contributed by atoms with Gasteiger partial charge >= 0.3 is 5.97 Å². The molecule has 0 aromatic heterocycles. The summed E-state index contributed by atoms with van der Waals surface area (Å²) in [6, 6.07) is 7.76. The molecule has 2 unspecified atom stereocenters. The number of carboxylic acids is 1. The molecule has 0 saturated heterocycles. The third-order valence-electron chi connectivity index (χ3n) is 4.01. The van der Waals surface area contributed by atoms with Crippen molar-refractivity contribution < 1.29 is 9.90 Å². The van der Waals surface area contributed by atoms with Crippen molar-refractivity contribution in [3.63, 3.8) is 0 Å². The highest BCUT2D eigenvalue weighted by molar-refractivity contribution is 6.30. The third kappa shape index (κ3) is 2.56. The predicted octanol–water partition coefficient (Wildman–Crippen LogP) is 4.33. The van der Waals surface area contributed by atoms with Crippen molar-refractivity contribution in [3.8, 4) is 0 Å². The van der Waals surface area contributed by atoms with Gasteiger partial charge in [-0.25, -0.2) is 0 Å². The summed E-state index contributed by atoms with van der Waals surface area (Å²) < 4.78 is 0. The number of allylic oxidation sites excluding steroid dienone is 6. The van der Waals surface area contributed by atoms with E-state index in [1.807, 2.05) is 24.3 Å². The van der Waals surface area contributed by atoms with E-state index >= 15 is 0 Å². The summed E-state index contributed by atoms with van der Waals surface area (Å²) in [7, 11) is 0. The molecule has 20 heavy (non-hydrogen) atoms. The van der Waals surface area contributed by atoms with Gasteiger partial charge in [0.1, 0.15) is 0 Å². The van der Waals surface area contributed by atoms with Gasteiger partial charge in [0, 0.05) is 5.02 Å². The number of hydrogen-bond donors (Lipinski definition) is 1. The van der Waals surface area contributed by atoms with Crippen molar-refractivity contribution >= 4 is 23.1 Å². The lowest BCUT2D eigenvalue weighted by Gasteiger charge is -2.04. The zero-order chi connectivity index (χ0) is 14.1. The van der Waals surface area contributed by atoms with Crippen LogP contribution in [0.25, 0.3) is 5.57 Å². The molecule has 0 aliphatic heterocycles. The fourth-order valence-electron chi connectivity index (χ4n) is 2.87. The summed E-state index contributed by atoms with van der Waals surface area (Å²) in [4.78, 5) is 11.1. The summed E-state index contributed by atoms with van der Waals surface area (Å²) in [5.74, 6) is -0.659. The zero-order valence-corrected chi connectivity index (χ0v) is 11.7. The second kappa shape index (κ2) is 5.29. The van der Waals surface area contributed by atoms with Crippen LogP contribution in [-0.2, 0) is 4.79 Å². The highest BCUT2D eigenvalue weighted by Crippen LogP contribution is 2.39. The molecule has 102 valence electrons. The monoisotopic (exact) mass is 286 g/mol. The standard InChI is InChI=1S/C17H15ClO2/c18-16-7-5-12(6-8-16)11-1-3-13-9-15(17(19)20)10-14(13)4-2-11/h1-8,13,15H,9-10H2,(H,19,20). The number of fused-ring (bicyclic) bond motifs is 1. The Morgan fingerprint density at radius 1 is 1.20 bits per heavy atom. The second-order valence-electron chi connectivity index (χ2n) is 5.31. The first-order valence-corrected chi connectivity index (χ1v) is 7.09. The number of rotatable bonds is 2. The lowest BCUT2D eigenvalue weighted by Crippen LogP contribution is -2.09. The van der Waals surface area contributed by atoms with E-state index in [-0.39, 0.29) is 11.8 Å². The molecule has 2 aliphatic rings. The molecule has 0 amide bonds. The first kappa shape index (κ1) is 13.2. The maximum absolute atomic E-state index is 11.1. The van der Waals surface area contributed by atoms with Crippen molar-refractivity contribution in [3.05, 3.63) is 64.7 Å². The summed E-state index contributed by atoms with van der Waals surface area (Å²) in [5.41, 5.74) is 3.48. The first-order chi connectivity index (χ1) is 9.63. The van der Waals surface area contributed by atoms with Crippen molar-refractivity contribution in [1.82, 2.24) is 0 Å². The molecule has 3 heteroatoms. The summed E-state index contributed by atoms with van der Waals surface area (Å²) >= 11 is 5.90. The van der Waals surface area contributed by atoms with Gasteiger partial charge in [0.05, 0.1) is 5.92 Å². The topological polar surface area (TPSA) is 37.3 Å². The molecule has 0 heterocycles. The van der Waals surface area contributed by atoms with Gasteiger partial charge in [-0.05, 0) is 42.0 Å². The molecule has 0 radical (unpaired) electrons. The number of hydrogen-bond acceptors (Lipinski definition) is 1. The van der Waals surface area contributed by atoms with Crippen LogP contribution < -0.4 is 0 Å². The minimum atomic E-state index is -0.686. The van der Waals surface area contributed by atoms with Crippen molar-refractivity contribution in [2.24, 2.45) is 11.8 Å². The van der Waals surface area contributed by atoms with Crippen LogP contribution in [0.4, 0.5) is 0 Å². The molecule has 0 spiro atoms. The molecule has 1 fully saturated rings. The molecule has 1 saturated carbocycles. The molecule has 1 aromatic rings. The lowest BCUT2D eigenvalue weighted by atomic mass is 10.0. The molecule has 2 aliphatic carbocycles. The smallest absolute Gasteiger partial charge is 0.306 e. The van der Waals surface area contributed by atoms with Gasteiger partial charge in [-0.1, -0.05) is 53.6 Å². The molecule has 1 aromatic carbocycles. The number of carbonyl (C=O) groups is 1. The first-order valence-electron chi connectivity index (χ1n) is 6.71. The summed E-state index contributed by atoms with van der Waals surface area (Å²) in [6.07, 6.45) is 9.73. The Balaban J connectivity index is 1.86. The minimum Gasteiger partial charge on any atom is -0.481 e. The fourth-order valence-corrected chi connectivity index (χ4v) is 2.99. The molecular weight excluding hydrogens is 272 g/mol. The molecule has 2 nitrogen and oxygen atoms in total. The highest BCUT2D eigenvalue weighted by atomic mass is 35.5. The summed E-state index contributed by atoms with van der Waals surface area (Å²) in [5, 5.41) is 9.84. The van der Waals surface area contributed by atoms with Gasteiger partial charge in [-0.3, -0.25) is 4.79 Å². The van der Waals surface area contributed by atoms with E-state index in [1.165, 1.54) is 5.57 Å². The Hall–Kier alpha value is -1.80. The van der Waals surface area contributed by atoms with E-state index in [9.17, 15) is 4.79 Å². The molecule has 3 rings (SSSR count). The Bertz CT molecular complexity index is 623. The van der Waals surface area contributed by atoms with Gasteiger partial charge in [0.25, 0.3) is 0 Å². The number of carboxylic acid groups (broad SMARTS) is 1. The SMILES string of the molecule is O=C(O)C1CC2=CC=C(c3ccc(Cl)cc3)C=CC2C1. The quantitative estimate of drug-likeness (QED) is 0.878. The average Bonchev–Trinajstić information content (AvgIpc) is 2.75. The zero-order valence-electron chi connectivity index (χ0n) is 10.9. The fraction of sp³-hybridized carbons (Fsp3) is 0.235. The molecule has 0 bridgehead atoms. The van der Waals surface area contributed by atoms with E-state index in [0.29, 0.717) is 12.8 Å². The lowest BCUT2D eigenvalue weighted by molar-refractivity contribution is -0.141. The van der Waals surface area contributed by atoms with Crippen molar-refractivity contribution in [1.29, 1.82) is 0 Å². The van der Waals surface area contributed by atoms with E-state index in [2.05, 4.69) is 24.3 Å². The number of aliphatic carboxylic acids is 1. The van der Waals surface area contributed by atoms with Gasteiger partial charge in [-0.2, -0.15) is 0 Å². The van der Waals surface area contributed by atoms with Crippen LogP contribution in [0, 0.1) is 11.8 Å². The summed E-state index contributed by atoms with van der Waals surface area (Å²) in [6.45, 7) is 0. The van der Waals surface area contributed by atoms with Gasteiger partial charge in [-0.15, -0.1) is 0 Å². The largest absolute Gasteiger partial charge is 0.481 e. The van der Waals surface area contributed by atoms with Crippen molar-refractivity contribution in [2.45, 2.75) is 12.8 Å². The Morgan fingerprint density at radius 2 is 1.95 bits per heavy atom. The highest BCUT2D eigenvalue weighted by Gasteiger charge is 2.32. The van der Waals surface area contributed by atoms with Crippen LogP contribution in [0.5, 0.6) is 0 Å². The number of halogens is 1. The van der Waals surface area contributed by atoms with E-state index in [4.69, 9.17) is 16.7 Å². The van der Waals surface area contributed by atoms with Crippen LogP contribution >= 0.6 is 11.6 Å². The van der Waals surface area contributed by atoms with Gasteiger partial charge in [0.15, 0.2) is 0 Å². The Kier molecular flexibility index (Phi) is 3.49. The van der Waals surface area contributed by atoms with E-state index in [1.54, 1.807) is 0 Å². The van der Waals surface area contributed by atoms with Gasteiger partial charge in [0.2, 0.25) is 0 Å². The van der Waals surface area contributed by atoms with Crippen molar-refractivity contribution in [2.75, 3.05) is 0 Å². The Morgan fingerprint density at radius 3 is 2.65 bits per heavy atom. The molecule has 1 N–H and O–H groups in total. The Labute approximate surface area is 123 Å². The maximum Gasteiger partial charge on any atom is 0.306 e. The van der Waals surface area contributed by atoms with E-state index < -0.39 is 5.97 Å². The minimum absolute atomic E-state index is 0.235. The normalized spacial score (nSPS) is 24.6.